The lowest BCUT2D eigenvalue weighted by Gasteiger charge is -2.37. The van der Waals surface area contributed by atoms with Crippen molar-refractivity contribution < 1.29 is 23.8 Å². The van der Waals surface area contributed by atoms with Crippen LogP contribution in [0.5, 0.6) is 0 Å². The van der Waals surface area contributed by atoms with Crippen LogP contribution in [0.15, 0.2) is 24.3 Å². The maximum absolute atomic E-state index is 13.1. The number of hydrogen-bond donors (Lipinski definition) is 2. The Kier molecular flexibility index (Phi) is 5.55. The van der Waals surface area contributed by atoms with Gasteiger partial charge in [0, 0.05) is 0 Å². The Balaban J connectivity index is 1.34. The van der Waals surface area contributed by atoms with Crippen molar-refractivity contribution in [3.8, 4) is 0 Å². The number of imide groups is 1. The van der Waals surface area contributed by atoms with Gasteiger partial charge in [-0.15, -0.1) is 0 Å². The number of carbonyl (C=O) groups excluding carboxylic acids is 2. The van der Waals surface area contributed by atoms with Gasteiger partial charge in [-0.2, -0.15) is 0 Å². The molecule has 2 saturated heterocycles. The summed E-state index contributed by atoms with van der Waals surface area (Å²) in [6.45, 7) is 4.41. The molecular formula is C21H30FN3O2+2. The third kappa shape index (κ3) is 4.06. The molecule has 3 aliphatic rings. The van der Waals surface area contributed by atoms with Gasteiger partial charge in [-0.25, -0.2) is 4.39 Å². The predicted octanol–water partition coefficient (Wildman–Crippen LogP) is -0.431. The molecule has 2 aliphatic heterocycles. The Morgan fingerprint density at radius 2 is 1.56 bits per heavy atom. The Hall–Kier alpha value is -1.79. The van der Waals surface area contributed by atoms with Crippen LogP contribution < -0.4 is 9.80 Å². The SMILES string of the molecule is O=C1C[C@@H]([NH+]2CC[NH+](C3CCCCC3)CC2)C(=O)N1Cc1ccc(F)cc1. The number of nitrogens with zero attached hydrogens (tertiary/aromatic N) is 1. The van der Waals surface area contributed by atoms with Gasteiger partial charge in [-0.3, -0.25) is 14.5 Å². The summed E-state index contributed by atoms with van der Waals surface area (Å²) in [5, 5.41) is 0. The van der Waals surface area contributed by atoms with Crippen molar-refractivity contribution in [2.24, 2.45) is 0 Å². The number of halogens is 1. The van der Waals surface area contributed by atoms with Gasteiger partial charge in [0.05, 0.1) is 19.0 Å². The number of hydrogen-bond acceptors (Lipinski definition) is 2. The van der Waals surface area contributed by atoms with Crippen LogP contribution in [-0.4, -0.2) is 55.0 Å². The number of rotatable bonds is 4. The molecule has 1 aromatic carbocycles. The largest absolute Gasteiger partial charge is 0.323 e. The van der Waals surface area contributed by atoms with Crippen molar-refractivity contribution >= 4 is 11.8 Å². The molecule has 1 saturated carbocycles. The second kappa shape index (κ2) is 8.07. The highest BCUT2D eigenvalue weighted by atomic mass is 19.1. The Morgan fingerprint density at radius 3 is 2.22 bits per heavy atom. The van der Waals surface area contributed by atoms with Crippen LogP contribution in [0, 0.1) is 5.82 Å². The summed E-state index contributed by atoms with van der Waals surface area (Å²) in [7, 11) is 0. The molecule has 0 bridgehead atoms. The number of likely N-dealkylation sites (tertiary alicyclic amines) is 1. The highest BCUT2D eigenvalue weighted by molar-refractivity contribution is 6.04. The molecule has 2 N–H and O–H groups in total. The molecule has 0 unspecified atom stereocenters. The molecule has 2 heterocycles. The highest BCUT2D eigenvalue weighted by Gasteiger charge is 2.46. The molecular weight excluding hydrogens is 345 g/mol. The second-order valence-electron chi connectivity index (χ2n) is 8.35. The van der Waals surface area contributed by atoms with Gasteiger partial charge in [0.2, 0.25) is 5.91 Å². The molecule has 5 nitrogen and oxygen atoms in total. The molecule has 6 heteroatoms. The minimum Gasteiger partial charge on any atom is -0.323 e. The van der Waals surface area contributed by atoms with Crippen molar-refractivity contribution in [3.05, 3.63) is 35.6 Å². The number of benzene rings is 1. The van der Waals surface area contributed by atoms with Gasteiger partial charge < -0.3 is 9.80 Å². The number of quaternary nitrogens is 2. The van der Waals surface area contributed by atoms with Crippen molar-refractivity contribution in [3.63, 3.8) is 0 Å². The number of carbonyl (C=O) groups is 2. The van der Waals surface area contributed by atoms with Crippen LogP contribution >= 0.6 is 0 Å². The minimum atomic E-state index is -0.307. The monoisotopic (exact) mass is 375 g/mol. The van der Waals surface area contributed by atoms with Crippen LogP contribution in [0.25, 0.3) is 0 Å². The smallest absolute Gasteiger partial charge is 0.288 e. The summed E-state index contributed by atoms with van der Waals surface area (Å²) in [4.78, 5) is 29.7. The molecule has 4 rings (SSSR count). The molecule has 3 fully saturated rings. The number of piperazine rings is 1. The third-order valence-corrected chi connectivity index (χ3v) is 6.71. The fraction of sp³-hybridized carbons (Fsp3) is 0.619. The fourth-order valence-electron chi connectivity index (χ4n) is 5.10. The lowest BCUT2D eigenvalue weighted by molar-refractivity contribution is -1.03. The summed E-state index contributed by atoms with van der Waals surface area (Å²) in [6, 6.07) is 6.60. The summed E-state index contributed by atoms with van der Waals surface area (Å²) in [5.41, 5.74) is 0.792. The van der Waals surface area contributed by atoms with E-state index in [4.69, 9.17) is 0 Å². The zero-order valence-corrected chi connectivity index (χ0v) is 15.9. The van der Waals surface area contributed by atoms with Gasteiger partial charge in [0.15, 0.2) is 6.04 Å². The minimum absolute atomic E-state index is 0.0551. The standard InChI is InChI=1S/C21H28FN3O2/c22-17-8-6-16(7-9-17)15-25-20(26)14-19(21(25)27)24-12-10-23(11-13-24)18-4-2-1-3-5-18/h6-9,18-19H,1-5,10-15H2/p+2/t19-/m1/s1. The Morgan fingerprint density at radius 1 is 0.926 bits per heavy atom. The van der Waals surface area contributed by atoms with E-state index in [1.807, 2.05) is 0 Å². The maximum atomic E-state index is 13.1. The van der Waals surface area contributed by atoms with Crippen LogP contribution in [0.1, 0.15) is 44.1 Å². The van der Waals surface area contributed by atoms with E-state index < -0.39 is 0 Å². The molecule has 1 aliphatic carbocycles. The first-order valence-corrected chi connectivity index (χ1v) is 10.4. The average Bonchev–Trinajstić information content (AvgIpc) is 2.99. The first-order chi connectivity index (χ1) is 13.1. The van der Waals surface area contributed by atoms with Crippen LogP contribution in [0.2, 0.25) is 0 Å². The summed E-state index contributed by atoms with van der Waals surface area (Å²) < 4.78 is 13.1. The number of amides is 2. The molecule has 0 spiro atoms. The third-order valence-electron chi connectivity index (χ3n) is 6.71. The van der Waals surface area contributed by atoms with Crippen LogP contribution in [0.4, 0.5) is 4.39 Å². The normalized spacial score (nSPS) is 30.1. The van der Waals surface area contributed by atoms with E-state index in [1.165, 1.54) is 54.0 Å². The fourth-order valence-corrected chi connectivity index (χ4v) is 5.10. The lowest BCUT2D eigenvalue weighted by Crippen LogP contribution is -3.31. The van der Waals surface area contributed by atoms with Gasteiger partial charge in [0.1, 0.15) is 32.0 Å². The van der Waals surface area contributed by atoms with Crippen LogP contribution in [0.3, 0.4) is 0 Å². The quantitative estimate of drug-likeness (QED) is 0.702. The van der Waals surface area contributed by atoms with Crippen molar-refractivity contribution in [2.75, 3.05) is 26.2 Å². The van der Waals surface area contributed by atoms with Gasteiger partial charge >= 0.3 is 0 Å². The van der Waals surface area contributed by atoms with E-state index in [0.29, 0.717) is 6.42 Å². The summed E-state index contributed by atoms with van der Waals surface area (Å²) in [5.74, 6) is -0.456. The van der Waals surface area contributed by atoms with Gasteiger partial charge in [0.25, 0.3) is 5.91 Å². The maximum Gasteiger partial charge on any atom is 0.288 e. The van der Waals surface area contributed by atoms with E-state index in [2.05, 4.69) is 0 Å². The van der Waals surface area contributed by atoms with Crippen molar-refractivity contribution in [1.82, 2.24) is 4.90 Å². The van der Waals surface area contributed by atoms with Crippen LogP contribution in [-0.2, 0) is 16.1 Å². The molecule has 146 valence electrons. The lowest BCUT2D eigenvalue weighted by atomic mass is 9.93. The van der Waals surface area contributed by atoms with E-state index in [-0.39, 0.29) is 30.2 Å². The first kappa shape index (κ1) is 18.6. The highest BCUT2D eigenvalue weighted by Crippen LogP contribution is 2.17. The molecule has 27 heavy (non-hydrogen) atoms. The van der Waals surface area contributed by atoms with E-state index >= 15 is 0 Å². The zero-order valence-electron chi connectivity index (χ0n) is 15.9. The Bertz CT molecular complexity index is 679. The molecule has 1 atom stereocenters. The van der Waals surface area contributed by atoms with Gasteiger partial charge in [-0.1, -0.05) is 18.6 Å². The Labute approximate surface area is 160 Å². The van der Waals surface area contributed by atoms with Gasteiger partial charge in [-0.05, 0) is 43.4 Å². The van der Waals surface area contributed by atoms with Crippen molar-refractivity contribution in [1.29, 1.82) is 0 Å². The summed E-state index contributed by atoms with van der Waals surface area (Å²) >= 11 is 0. The summed E-state index contributed by atoms with van der Waals surface area (Å²) in [6.07, 6.45) is 7.10. The van der Waals surface area contributed by atoms with E-state index in [0.717, 1.165) is 37.8 Å². The predicted molar refractivity (Wildman–Crippen MR) is 98.6 cm³/mol. The topological polar surface area (TPSA) is 46.3 Å². The molecule has 0 radical (unpaired) electrons. The molecule has 1 aromatic rings. The van der Waals surface area contributed by atoms with E-state index in [1.54, 1.807) is 17.0 Å². The average molecular weight is 375 g/mol. The van der Waals surface area contributed by atoms with Crippen molar-refractivity contribution in [2.45, 2.75) is 57.2 Å². The van der Waals surface area contributed by atoms with E-state index in [9.17, 15) is 14.0 Å². The molecule has 2 amide bonds. The number of nitrogens with one attached hydrogen (secondary N) is 2. The second-order valence-corrected chi connectivity index (χ2v) is 8.35. The molecule has 0 aromatic heterocycles. The first-order valence-electron chi connectivity index (χ1n) is 10.4. The zero-order chi connectivity index (χ0) is 18.8.